The van der Waals surface area contributed by atoms with E-state index >= 15 is 0 Å². The first-order valence-corrected chi connectivity index (χ1v) is 8.12. The van der Waals surface area contributed by atoms with Crippen molar-refractivity contribution in [3.8, 4) is 5.75 Å². The van der Waals surface area contributed by atoms with Gasteiger partial charge in [0.2, 0.25) is 5.91 Å². The molecule has 4 nitrogen and oxygen atoms in total. The van der Waals surface area contributed by atoms with E-state index in [0.29, 0.717) is 6.10 Å². The molecule has 1 aliphatic carbocycles. The average Bonchev–Trinajstić information content (AvgIpc) is 3.06. The molecule has 1 aromatic rings. The number of hydrogen-bond acceptors (Lipinski definition) is 3. The third kappa shape index (κ3) is 3.89. The smallest absolute Gasteiger partial charge is 0.228 e. The molecule has 1 aliphatic heterocycles. The number of benzene rings is 1. The van der Waals surface area contributed by atoms with Crippen LogP contribution in [-0.4, -0.2) is 37.0 Å². The summed E-state index contributed by atoms with van der Waals surface area (Å²) in [7, 11) is 2.15. The molecule has 0 saturated carbocycles. The van der Waals surface area contributed by atoms with Gasteiger partial charge in [-0.1, -0.05) is 12.2 Å². The SMILES string of the molecule is CN1CCC(Oc2ccc(NC(=O)C3CC=CC3)cc2)CC1. The minimum atomic E-state index is 0.0927. The van der Waals surface area contributed by atoms with Gasteiger partial charge >= 0.3 is 0 Å². The highest BCUT2D eigenvalue weighted by Crippen LogP contribution is 2.23. The van der Waals surface area contributed by atoms with E-state index in [1.54, 1.807) is 0 Å². The summed E-state index contributed by atoms with van der Waals surface area (Å²) in [5, 5.41) is 2.98. The van der Waals surface area contributed by atoms with Crippen molar-refractivity contribution in [3.05, 3.63) is 36.4 Å². The number of rotatable bonds is 4. The number of nitrogens with one attached hydrogen (secondary N) is 1. The van der Waals surface area contributed by atoms with Crippen molar-refractivity contribution in [2.75, 3.05) is 25.5 Å². The third-order valence-corrected chi connectivity index (χ3v) is 4.47. The van der Waals surface area contributed by atoms with Crippen molar-refractivity contribution < 1.29 is 9.53 Å². The van der Waals surface area contributed by atoms with E-state index in [0.717, 1.165) is 50.2 Å². The van der Waals surface area contributed by atoms with Gasteiger partial charge in [-0.3, -0.25) is 4.79 Å². The van der Waals surface area contributed by atoms with Crippen molar-refractivity contribution in [2.24, 2.45) is 5.92 Å². The number of allylic oxidation sites excluding steroid dienone is 2. The second-order valence-corrected chi connectivity index (χ2v) is 6.27. The van der Waals surface area contributed by atoms with Crippen molar-refractivity contribution in [1.82, 2.24) is 4.90 Å². The number of anilines is 1. The molecule has 3 rings (SSSR count). The van der Waals surface area contributed by atoms with Crippen molar-refractivity contribution >= 4 is 11.6 Å². The van der Waals surface area contributed by atoms with Crippen LogP contribution in [0.2, 0.25) is 0 Å². The molecule has 1 aromatic carbocycles. The largest absolute Gasteiger partial charge is 0.490 e. The molecule has 0 atom stereocenters. The Morgan fingerprint density at radius 1 is 1.14 bits per heavy atom. The summed E-state index contributed by atoms with van der Waals surface area (Å²) in [6.07, 6.45) is 8.30. The Balaban J connectivity index is 1.50. The molecule has 2 aliphatic rings. The highest BCUT2D eigenvalue weighted by atomic mass is 16.5. The zero-order valence-electron chi connectivity index (χ0n) is 13.1. The number of amides is 1. The number of piperidine rings is 1. The Bertz CT molecular complexity index is 523. The lowest BCUT2D eigenvalue weighted by molar-refractivity contribution is -0.119. The summed E-state index contributed by atoms with van der Waals surface area (Å²) in [5.41, 5.74) is 0.840. The Hall–Kier alpha value is -1.81. The van der Waals surface area contributed by atoms with Gasteiger partial charge in [-0.15, -0.1) is 0 Å². The van der Waals surface area contributed by atoms with Gasteiger partial charge < -0.3 is 15.0 Å². The summed E-state index contributed by atoms with van der Waals surface area (Å²) in [6, 6.07) is 7.73. The van der Waals surface area contributed by atoms with E-state index in [1.165, 1.54) is 0 Å². The number of ether oxygens (including phenoxy) is 1. The lowest BCUT2D eigenvalue weighted by Crippen LogP contribution is -2.35. The molecule has 1 heterocycles. The fraction of sp³-hybridized carbons (Fsp3) is 0.500. The first kappa shape index (κ1) is 15.1. The predicted octanol–water partition coefficient (Wildman–Crippen LogP) is 3.06. The summed E-state index contributed by atoms with van der Waals surface area (Å²) < 4.78 is 6.01. The molecular formula is C18H24N2O2. The second kappa shape index (κ2) is 6.97. The number of carbonyl (C=O) groups is 1. The van der Waals surface area contributed by atoms with Crippen LogP contribution >= 0.6 is 0 Å². The monoisotopic (exact) mass is 300 g/mol. The van der Waals surface area contributed by atoms with Crippen molar-refractivity contribution in [3.63, 3.8) is 0 Å². The molecule has 22 heavy (non-hydrogen) atoms. The van der Waals surface area contributed by atoms with Crippen LogP contribution in [0.25, 0.3) is 0 Å². The van der Waals surface area contributed by atoms with E-state index in [-0.39, 0.29) is 11.8 Å². The molecule has 1 N–H and O–H groups in total. The van der Waals surface area contributed by atoms with E-state index in [9.17, 15) is 4.79 Å². The molecule has 0 aromatic heterocycles. The molecule has 1 saturated heterocycles. The van der Waals surface area contributed by atoms with Gasteiger partial charge in [0.25, 0.3) is 0 Å². The standard InChI is InChI=1S/C18H24N2O2/c1-20-12-10-17(11-13-20)22-16-8-6-15(7-9-16)19-18(21)14-4-2-3-5-14/h2-3,6-9,14,17H,4-5,10-13H2,1H3,(H,19,21). The molecule has 1 fully saturated rings. The summed E-state index contributed by atoms with van der Waals surface area (Å²) in [4.78, 5) is 14.4. The fourth-order valence-corrected chi connectivity index (χ4v) is 2.99. The highest BCUT2D eigenvalue weighted by Gasteiger charge is 2.20. The maximum atomic E-state index is 12.1. The maximum Gasteiger partial charge on any atom is 0.228 e. The van der Waals surface area contributed by atoms with Crippen LogP contribution in [0.1, 0.15) is 25.7 Å². The molecule has 0 bridgehead atoms. The number of carbonyl (C=O) groups excluding carboxylic acids is 1. The average molecular weight is 300 g/mol. The maximum absolute atomic E-state index is 12.1. The lowest BCUT2D eigenvalue weighted by atomic mass is 10.1. The van der Waals surface area contributed by atoms with E-state index < -0.39 is 0 Å². The molecular weight excluding hydrogens is 276 g/mol. The van der Waals surface area contributed by atoms with E-state index in [1.807, 2.05) is 24.3 Å². The highest BCUT2D eigenvalue weighted by molar-refractivity contribution is 5.93. The molecule has 0 spiro atoms. The van der Waals surface area contributed by atoms with Gasteiger partial charge in [0.15, 0.2) is 0 Å². The normalized spacial score (nSPS) is 20.2. The van der Waals surface area contributed by atoms with Gasteiger partial charge in [0.1, 0.15) is 11.9 Å². The van der Waals surface area contributed by atoms with Gasteiger partial charge in [-0.05, 0) is 57.0 Å². The molecule has 4 heteroatoms. The van der Waals surface area contributed by atoms with Gasteiger partial charge in [0.05, 0.1) is 0 Å². The third-order valence-electron chi connectivity index (χ3n) is 4.47. The Morgan fingerprint density at radius 2 is 1.77 bits per heavy atom. The number of likely N-dealkylation sites (tertiary alicyclic amines) is 1. The van der Waals surface area contributed by atoms with Crippen molar-refractivity contribution in [2.45, 2.75) is 31.8 Å². The predicted molar refractivity (Wildman–Crippen MR) is 88.1 cm³/mol. The summed E-state index contributed by atoms with van der Waals surface area (Å²) >= 11 is 0. The van der Waals surface area contributed by atoms with E-state index in [4.69, 9.17) is 4.74 Å². The zero-order valence-corrected chi connectivity index (χ0v) is 13.1. The first-order valence-electron chi connectivity index (χ1n) is 8.12. The lowest BCUT2D eigenvalue weighted by Gasteiger charge is -2.29. The minimum Gasteiger partial charge on any atom is -0.490 e. The molecule has 0 unspecified atom stereocenters. The quantitative estimate of drug-likeness (QED) is 0.869. The van der Waals surface area contributed by atoms with Crippen LogP contribution in [0.3, 0.4) is 0 Å². The van der Waals surface area contributed by atoms with E-state index in [2.05, 4.69) is 29.4 Å². The minimum absolute atomic E-state index is 0.0927. The Morgan fingerprint density at radius 3 is 2.41 bits per heavy atom. The Kier molecular flexibility index (Phi) is 4.78. The number of hydrogen-bond donors (Lipinski definition) is 1. The second-order valence-electron chi connectivity index (χ2n) is 6.27. The van der Waals surface area contributed by atoms with Crippen LogP contribution in [0, 0.1) is 5.92 Å². The topological polar surface area (TPSA) is 41.6 Å². The first-order chi connectivity index (χ1) is 10.7. The summed E-state index contributed by atoms with van der Waals surface area (Å²) in [6.45, 7) is 2.18. The van der Waals surface area contributed by atoms with Crippen LogP contribution in [0.5, 0.6) is 5.75 Å². The van der Waals surface area contributed by atoms with Gasteiger partial charge in [-0.2, -0.15) is 0 Å². The fourth-order valence-electron chi connectivity index (χ4n) is 2.99. The zero-order chi connectivity index (χ0) is 15.4. The van der Waals surface area contributed by atoms with Gasteiger partial charge in [0, 0.05) is 24.7 Å². The van der Waals surface area contributed by atoms with Crippen LogP contribution in [-0.2, 0) is 4.79 Å². The van der Waals surface area contributed by atoms with Gasteiger partial charge in [-0.25, -0.2) is 0 Å². The molecule has 118 valence electrons. The molecule has 0 radical (unpaired) electrons. The Labute approximate surface area is 132 Å². The van der Waals surface area contributed by atoms with Crippen LogP contribution < -0.4 is 10.1 Å². The molecule has 1 amide bonds. The number of nitrogens with zero attached hydrogens (tertiary/aromatic N) is 1. The van der Waals surface area contributed by atoms with Crippen molar-refractivity contribution in [1.29, 1.82) is 0 Å². The van der Waals surface area contributed by atoms with Crippen LogP contribution in [0.15, 0.2) is 36.4 Å². The van der Waals surface area contributed by atoms with Crippen LogP contribution in [0.4, 0.5) is 5.69 Å². The summed E-state index contributed by atoms with van der Waals surface area (Å²) in [5.74, 6) is 1.08.